The topological polar surface area (TPSA) is 75.7 Å². The number of carbonyl (C=O) groups excluding carboxylic acids is 1. The monoisotopic (exact) mass is 408 g/mol. The minimum Gasteiger partial charge on any atom is -0.379 e. The van der Waals surface area contributed by atoms with Gasteiger partial charge in [-0.15, -0.1) is 0 Å². The first-order valence-electron chi connectivity index (χ1n) is 8.59. The summed E-state index contributed by atoms with van der Waals surface area (Å²) in [4.78, 5) is 12.4. The Hall–Kier alpha value is -1.93. The van der Waals surface area contributed by atoms with Crippen molar-refractivity contribution in [2.45, 2.75) is 18.4 Å². The van der Waals surface area contributed by atoms with Crippen LogP contribution in [0.2, 0.25) is 5.02 Å². The number of benzene rings is 2. The molecule has 1 saturated heterocycles. The minimum absolute atomic E-state index is 0.0611. The van der Waals surface area contributed by atoms with Crippen LogP contribution >= 0.6 is 11.6 Å². The summed E-state index contributed by atoms with van der Waals surface area (Å²) in [6.45, 7) is 3.56. The Labute approximate surface area is 164 Å². The molecule has 0 radical (unpaired) electrons. The van der Waals surface area contributed by atoms with Crippen LogP contribution in [0.3, 0.4) is 0 Å². The van der Waals surface area contributed by atoms with Crippen molar-refractivity contribution in [2.75, 3.05) is 26.3 Å². The third kappa shape index (κ3) is 4.68. The van der Waals surface area contributed by atoms with E-state index in [4.69, 9.17) is 16.3 Å². The van der Waals surface area contributed by atoms with Gasteiger partial charge in [0.1, 0.15) is 4.90 Å². The summed E-state index contributed by atoms with van der Waals surface area (Å²) >= 11 is 6.12. The minimum atomic E-state index is -3.78. The molecule has 2 aromatic rings. The number of nitrogens with zero attached hydrogens (tertiary/aromatic N) is 1. The molecule has 0 unspecified atom stereocenters. The van der Waals surface area contributed by atoms with E-state index in [-0.39, 0.29) is 34.5 Å². The van der Waals surface area contributed by atoms with Gasteiger partial charge in [-0.05, 0) is 30.7 Å². The number of nitrogens with one attached hydrogen (secondary N) is 1. The molecule has 1 amide bonds. The van der Waals surface area contributed by atoms with E-state index in [1.54, 1.807) is 0 Å². The maximum atomic E-state index is 12.8. The van der Waals surface area contributed by atoms with Gasteiger partial charge in [0.05, 0.1) is 18.2 Å². The van der Waals surface area contributed by atoms with Gasteiger partial charge in [0.15, 0.2) is 0 Å². The van der Waals surface area contributed by atoms with Crippen LogP contribution in [0.4, 0.5) is 0 Å². The molecule has 1 N–H and O–H groups in total. The molecule has 0 bridgehead atoms. The van der Waals surface area contributed by atoms with Gasteiger partial charge in [0, 0.05) is 25.2 Å². The average molecular weight is 409 g/mol. The molecule has 1 aliphatic heterocycles. The third-order valence-electron chi connectivity index (χ3n) is 4.35. The zero-order valence-electron chi connectivity index (χ0n) is 14.9. The van der Waals surface area contributed by atoms with Gasteiger partial charge in [-0.25, -0.2) is 8.42 Å². The molecule has 2 aromatic carbocycles. The van der Waals surface area contributed by atoms with Crippen molar-refractivity contribution in [3.05, 3.63) is 64.2 Å². The van der Waals surface area contributed by atoms with Crippen molar-refractivity contribution >= 4 is 27.5 Å². The van der Waals surface area contributed by atoms with Crippen LogP contribution in [0, 0.1) is 6.92 Å². The van der Waals surface area contributed by atoms with Crippen molar-refractivity contribution in [1.82, 2.24) is 9.62 Å². The number of aryl methyl sites for hydroxylation is 1. The van der Waals surface area contributed by atoms with Crippen LogP contribution < -0.4 is 5.32 Å². The molecule has 0 spiro atoms. The van der Waals surface area contributed by atoms with Crippen molar-refractivity contribution in [3.8, 4) is 0 Å². The molecule has 1 fully saturated rings. The van der Waals surface area contributed by atoms with Crippen molar-refractivity contribution in [3.63, 3.8) is 0 Å². The number of hydrogen-bond acceptors (Lipinski definition) is 4. The lowest BCUT2D eigenvalue weighted by atomic mass is 10.1. The molecule has 8 heteroatoms. The van der Waals surface area contributed by atoms with Gasteiger partial charge in [-0.1, -0.05) is 41.4 Å². The van der Waals surface area contributed by atoms with E-state index in [0.29, 0.717) is 19.8 Å². The van der Waals surface area contributed by atoms with Gasteiger partial charge in [0.2, 0.25) is 10.0 Å². The molecule has 144 valence electrons. The van der Waals surface area contributed by atoms with Crippen LogP contribution in [0.25, 0.3) is 0 Å². The largest absolute Gasteiger partial charge is 0.379 e. The van der Waals surface area contributed by atoms with Crippen LogP contribution in [-0.4, -0.2) is 44.9 Å². The first-order chi connectivity index (χ1) is 12.9. The highest BCUT2D eigenvalue weighted by atomic mass is 35.5. The van der Waals surface area contributed by atoms with E-state index in [0.717, 1.165) is 11.1 Å². The SMILES string of the molecule is Cc1ccc(CNC(=O)c2ccc(Cl)c(S(=O)(=O)N3CCOCC3)c2)cc1. The van der Waals surface area contributed by atoms with Crippen molar-refractivity contribution in [2.24, 2.45) is 0 Å². The lowest BCUT2D eigenvalue weighted by molar-refractivity contribution is 0.0730. The van der Waals surface area contributed by atoms with E-state index >= 15 is 0 Å². The van der Waals surface area contributed by atoms with Gasteiger partial charge in [-0.2, -0.15) is 4.31 Å². The molecular weight excluding hydrogens is 388 g/mol. The van der Waals surface area contributed by atoms with Gasteiger partial charge < -0.3 is 10.1 Å². The number of rotatable bonds is 5. The lowest BCUT2D eigenvalue weighted by Crippen LogP contribution is -2.40. The summed E-state index contributed by atoms with van der Waals surface area (Å²) < 4.78 is 32.2. The Balaban J connectivity index is 1.77. The molecule has 1 aliphatic rings. The quantitative estimate of drug-likeness (QED) is 0.825. The standard InChI is InChI=1S/C19H21ClN2O4S/c1-14-2-4-15(5-3-14)13-21-19(23)16-6-7-17(20)18(12-16)27(24,25)22-8-10-26-11-9-22/h2-7,12H,8-11,13H2,1H3,(H,21,23). The number of halogens is 1. The van der Waals surface area contributed by atoms with E-state index in [1.807, 2.05) is 31.2 Å². The van der Waals surface area contributed by atoms with Crippen molar-refractivity contribution in [1.29, 1.82) is 0 Å². The first-order valence-corrected chi connectivity index (χ1v) is 10.4. The molecule has 0 atom stereocenters. The average Bonchev–Trinajstić information content (AvgIpc) is 2.68. The number of carbonyl (C=O) groups is 1. The number of sulfonamides is 1. The summed E-state index contributed by atoms with van der Waals surface area (Å²) in [5, 5.41) is 2.90. The maximum Gasteiger partial charge on any atom is 0.251 e. The molecule has 0 aromatic heterocycles. The Morgan fingerprint density at radius 1 is 1.15 bits per heavy atom. The molecule has 0 saturated carbocycles. The fourth-order valence-corrected chi connectivity index (χ4v) is 4.67. The normalized spacial score (nSPS) is 15.5. The Bertz CT molecular complexity index is 923. The first kappa shape index (κ1) is 19.8. The van der Waals surface area contributed by atoms with Crippen LogP contribution in [0.1, 0.15) is 21.5 Å². The maximum absolute atomic E-state index is 12.8. The van der Waals surface area contributed by atoms with E-state index in [2.05, 4.69) is 5.32 Å². The highest BCUT2D eigenvalue weighted by Gasteiger charge is 2.29. The summed E-state index contributed by atoms with van der Waals surface area (Å²) in [5.41, 5.74) is 2.35. The lowest BCUT2D eigenvalue weighted by Gasteiger charge is -2.26. The zero-order valence-corrected chi connectivity index (χ0v) is 16.5. The molecule has 3 rings (SSSR count). The molecule has 0 aliphatic carbocycles. The van der Waals surface area contributed by atoms with Gasteiger partial charge >= 0.3 is 0 Å². The second-order valence-electron chi connectivity index (χ2n) is 6.33. The Morgan fingerprint density at radius 3 is 2.48 bits per heavy atom. The molecule has 1 heterocycles. The summed E-state index contributed by atoms with van der Waals surface area (Å²) in [6.07, 6.45) is 0. The van der Waals surface area contributed by atoms with Crippen LogP contribution in [-0.2, 0) is 21.3 Å². The smallest absolute Gasteiger partial charge is 0.251 e. The predicted octanol–water partition coefficient (Wildman–Crippen LogP) is 2.60. The number of hydrogen-bond donors (Lipinski definition) is 1. The number of ether oxygens (including phenoxy) is 1. The Kier molecular flexibility index (Phi) is 6.16. The third-order valence-corrected chi connectivity index (χ3v) is 6.74. The van der Waals surface area contributed by atoms with Crippen LogP contribution in [0.15, 0.2) is 47.4 Å². The van der Waals surface area contributed by atoms with Gasteiger partial charge in [-0.3, -0.25) is 4.79 Å². The fraction of sp³-hybridized carbons (Fsp3) is 0.316. The van der Waals surface area contributed by atoms with E-state index in [1.165, 1.54) is 22.5 Å². The summed E-state index contributed by atoms with van der Waals surface area (Å²) in [5.74, 6) is -0.356. The summed E-state index contributed by atoms with van der Waals surface area (Å²) in [6, 6.07) is 12.1. The van der Waals surface area contributed by atoms with E-state index in [9.17, 15) is 13.2 Å². The fourth-order valence-electron chi connectivity index (χ4n) is 2.76. The highest BCUT2D eigenvalue weighted by molar-refractivity contribution is 7.89. The second-order valence-corrected chi connectivity index (χ2v) is 8.64. The summed E-state index contributed by atoms with van der Waals surface area (Å²) in [7, 11) is -3.78. The van der Waals surface area contributed by atoms with Gasteiger partial charge in [0.25, 0.3) is 5.91 Å². The number of morpholine rings is 1. The van der Waals surface area contributed by atoms with E-state index < -0.39 is 10.0 Å². The zero-order chi connectivity index (χ0) is 19.4. The second kappa shape index (κ2) is 8.39. The molecular formula is C19H21ClN2O4S. The Morgan fingerprint density at radius 2 is 1.81 bits per heavy atom. The molecule has 27 heavy (non-hydrogen) atoms. The van der Waals surface area contributed by atoms with Crippen molar-refractivity contribution < 1.29 is 17.9 Å². The molecule has 6 nitrogen and oxygen atoms in total. The highest BCUT2D eigenvalue weighted by Crippen LogP contribution is 2.26. The number of amides is 1. The van der Waals surface area contributed by atoms with Crippen LogP contribution in [0.5, 0.6) is 0 Å². The predicted molar refractivity (Wildman–Crippen MR) is 103 cm³/mol.